The van der Waals surface area contributed by atoms with Gasteiger partial charge in [0.25, 0.3) is 0 Å². The Hall–Kier alpha value is -2.14. The summed E-state index contributed by atoms with van der Waals surface area (Å²) in [5, 5.41) is 9.03. The second-order valence-corrected chi connectivity index (χ2v) is 5.11. The number of pyridine rings is 1. The van der Waals surface area contributed by atoms with Crippen LogP contribution in [0.3, 0.4) is 0 Å². The Morgan fingerprint density at radius 1 is 1.05 bits per heavy atom. The molecule has 0 saturated carbocycles. The van der Waals surface area contributed by atoms with E-state index in [-0.39, 0.29) is 12.4 Å². The number of hydrogen-bond donors (Lipinski definition) is 1. The van der Waals surface area contributed by atoms with E-state index in [1.54, 1.807) is 18.3 Å². The van der Waals surface area contributed by atoms with Gasteiger partial charge in [0.1, 0.15) is 11.6 Å². The third-order valence-corrected chi connectivity index (χ3v) is 3.79. The lowest BCUT2D eigenvalue weighted by Gasteiger charge is -2.36. The van der Waals surface area contributed by atoms with Gasteiger partial charge in [-0.25, -0.2) is 9.37 Å². The largest absolute Gasteiger partial charge is 0.392 e. The maximum atomic E-state index is 14.1. The molecule has 0 unspecified atom stereocenters. The van der Waals surface area contributed by atoms with E-state index >= 15 is 0 Å². The van der Waals surface area contributed by atoms with Crippen molar-refractivity contribution in [2.75, 3.05) is 36.0 Å². The monoisotopic (exact) mass is 287 g/mol. The van der Waals surface area contributed by atoms with Crippen molar-refractivity contribution in [3.63, 3.8) is 0 Å². The minimum atomic E-state index is -0.271. The molecule has 1 aliphatic rings. The molecule has 0 amide bonds. The number of piperazine rings is 1. The molecule has 0 radical (unpaired) electrons. The number of hydrogen-bond acceptors (Lipinski definition) is 4. The van der Waals surface area contributed by atoms with Crippen LogP contribution in [0.25, 0.3) is 0 Å². The number of anilines is 2. The highest BCUT2D eigenvalue weighted by atomic mass is 19.1. The molecule has 0 atom stereocenters. The number of benzene rings is 1. The molecule has 2 aromatic rings. The first-order valence-electron chi connectivity index (χ1n) is 7.08. The summed E-state index contributed by atoms with van der Waals surface area (Å²) < 4.78 is 14.1. The Bertz CT molecular complexity index is 598. The summed E-state index contributed by atoms with van der Waals surface area (Å²) in [5.41, 5.74) is 1.20. The molecule has 1 aromatic carbocycles. The highest BCUT2D eigenvalue weighted by molar-refractivity contribution is 5.51. The van der Waals surface area contributed by atoms with Crippen molar-refractivity contribution in [2.45, 2.75) is 6.61 Å². The molecule has 5 heteroatoms. The molecule has 21 heavy (non-hydrogen) atoms. The van der Waals surface area contributed by atoms with Gasteiger partial charge < -0.3 is 14.9 Å². The van der Waals surface area contributed by atoms with E-state index in [1.807, 2.05) is 23.1 Å². The van der Waals surface area contributed by atoms with E-state index in [0.717, 1.165) is 32.0 Å². The summed E-state index contributed by atoms with van der Waals surface area (Å²) in [6, 6.07) is 10.8. The molecule has 0 spiro atoms. The number of aromatic nitrogens is 1. The zero-order valence-electron chi connectivity index (χ0n) is 11.7. The number of nitrogens with zero attached hydrogens (tertiary/aromatic N) is 3. The Balaban J connectivity index is 1.68. The molecular formula is C16H18FN3O. The molecule has 1 N–H and O–H groups in total. The van der Waals surface area contributed by atoms with Gasteiger partial charge in [-0.15, -0.1) is 0 Å². The SMILES string of the molecule is OCc1ccc(N2CCN(c3ccccn3)CC2)c(F)c1. The van der Waals surface area contributed by atoms with Crippen molar-refractivity contribution in [1.29, 1.82) is 0 Å². The van der Waals surface area contributed by atoms with Gasteiger partial charge in [-0.2, -0.15) is 0 Å². The molecule has 3 rings (SSSR count). The number of aliphatic hydroxyl groups is 1. The van der Waals surface area contributed by atoms with Gasteiger partial charge in [-0.3, -0.25) is 0 Å². The van der Waals surface area contributed by atoms with Crippen LogP contribution < -0.4 is 9.80 Å². The minimum Gasteiger partial charge on any atom is -0.392 e. The van der Waals surface area contributed by atoms with Crippen LogP contribution in [0.4, 0.5) is 15.9 Å². The van der Waals surface area contributed by atoms with Crippen LogP contribution >= 0.6 is 0 Å². The molecular weight excluding hydrogens is 269 g/mol. The minimum absolute atomic E-state index is 0.134. The molecule has 4 nitrogen and oxygen atoms in total. The van der Waals surface area contributed by atoms with Gasteiger partial charge in [0.15, 0.2) is 0 Å². The Morgan fingerprint density at radius 2 is 1.81 bits per heavy atom. The molecule has 1 fully saturated rings. The Labute approximate surface area is 123 Å². The highest BCUT2D eigenvalue weighted by Crippen LogP contribution is 2.23. The standard InChI is InChI=1S/C16H18FN3O/c17-14-11-13(12-21)4-5-15(14)19-7-9-20(10-8-19)16-3-1-2-6-18-16/h1-6,11,21H,7-10,12H2. The fourth-order valence-corrected chi connectivity index (χ4v) is 2.62. The van der Waals surface area contributed by atoms with Gasteiger partial charge in [0, 0.05) is 32.4 Å². The second-order valence-electron chi connectivity index (χ2n) is 5.11. The van der Waals surface area contributed by atoms with Crippen LogP contribution in [0.5, 0.6) is 0 Å². The first-order valence-corrected chi connectivity index (χ1v) is 7.08. The summed E-state index contributed by atoms with van der Waals surface area (Å²) in [4.78, 5) is 8.59. The predicted molar refractivity (Wildman–Crippen MR) is 81.0 cm³/mol. The van der Waals surface area contributed by atoms with Crippen molar-refractivity contribution in [3.8, 4) is 0 Å². The second kappa shape index (κ2) is 6.10. The molecule has 2 heterocycles. The van der Waals surface area contributed by atoms with Crippen LogP contribution in [-0.4, -0.2) is 36.3 Å². The smallest absolute Gasteiger partial charge is 0.146 e. The number of halogens is 1. The third kappa shape index (κ3) is 2.97. The molecule has 0 aliphatic carbocycles. The normalized spacial score (nSPS) is 15.3. The Morgan fingerprint density at radius 3 is 2.43 bits per heavy atom. The van der Waals surface area contributed by atoms with E-state index in [1.165, 1.54) is 6.07 Å². The van der Waals surface area contributed by atoms with Crippen LogP contribution in [0.2, 0.25) is 0 Å². The average Bonchev–Trinajstić information content (AvgIpc) is 2.56. The van der Waals surface area contributed by atoms with E-state index in [2.05, 4.69) is 9.88 Å². The molecule has 110 valence electrons. The van der Waals surface area contributed by atoms with Crippen molar-refractivity contribution < 1.29 is 9.50 Å². The van der Waals surface area contributed by atoms with Crippen LogP contribution in [-0.2, 0) is 6.61 Å². The zero-order chi connectivity index (χ0) is 14.7. The lowest BCUT2D eigenvalue weighted by atomic mass is 10.1. The highest BCUT2D eigenvalue weighted by Gasteiger charge is 2.20. The molecule has 1 saturated heterocycles. The summed E-state index contributed by atoms with van der Waals surface area (Å²) in [7, 11) is 0. The van der Waals surface area contributed by atoms with Crippen molar-refractivity contribution in [2.24, 2.45) is 0 Å². The van der Waals surface area contributed by atoms with Crippen LogP contribution in [0, 0.1) is 5.82 Å². The number of rotatable bonds is 3. The topological polar surface area (TPSA) is 39.6 Å². The molecule has 0 bridgehead atoms. The van der Waals surface area contributed by atoms with Gasteiger partial charge in [0.2, 0.25) is 0 Å². The summed E-state index contributed by atoms with van der Waals surface area (Å²) in [6.07, 6.45) is 1.79. The van der Waals surface area contributed by atoms with Crippen molar-refractivity contribution >= 4 is 11.5 Å². The van der Waals surface area contributed by atoms with Crippen LogP contribution in [0.15, 0.2) is 42.6 Å². The van der Waals surface area contributed by atoms with Crippen molar-refractivity contribution in [3.05, 3.63) is 54.0 Å². The van der Waals surface area contributed by atoms with Crippen LogP contribution in [0.1, 0.15) is 5.56 Å². The number of aliphatic hydroxyl groups excluding tert-OH is 1. The van der Waals surface area contributed by atoms with Gasteiger partial charge in [-0.05, 0) is 29.8 Å². The van der Waals surface area contributed by atoms with Gasteiger partial charge in [-0.1, -0.05) is 12.1 Å². The fraction of sp³-hybridized carbons (Fsp3) is 0.312. The lowest BCUT2D eigenvalue weighted by molar-refractivity contribution is 0.281. The summed E-state index contributed by atoms with van der Waals surface area (Å²) in [6.45, 7) is 3.01. The van der Waals surface area contributed by atoms with E-state index < -0.39 is 0 Å². The average molecular weight is 287 g/mol. The molecule has 1 aliphatic heterocycles. The first-order chi connectivity index (χ1) is 10.3. The van der Waals surface area contributed by atoms with E-state index in [9.17, 15) is 4.39 Å². The van der Waals surface area contributed by atoms with E-state index in [4.69, 9.17) is 5.11 Å². The maximum absolute atomic E-state index is 14.1. The Kier molecular flexibility index (Phi) is 4.01. The van der Waals surface area contributed by atoms with Gasteiger partial charge in [0.05, 0.1) is 12.3 Å². The lowest BCUT2D eigenvalue weighted by Crippen LogP contribution is -2.47. The fourth-order valence-electron chi connectivity index (χ4n) is 2.62. The van der Waals surface area contributed by atoms with E-state index in [0.29, 0.717) is 11.3 Å². The zero-order valence-corrected chi connectivity index (χ0v) is 11.7. The third-order valence-electron chi connectivity index (χ3n) is 3.79. The predicted octanol–water partition coefficient (Wildman–Crippen LogP) is 2.04. The van der Waals surface area contributed by atoms with Crippen molar-refractivity contribution in [1.82, 2.24) is 4.98 Å². The first kappa shape index (κ1) is 13.8. The molecule has 1 aromatic heterocycles. The summed E-state index contributed by atoms with van der Waals surface area (Å²) in [5.74, 6) is 0.695. The van der Waals surface area contributed by atoms with Gasteiger partial charge >= 0.3 is 0 Å². The maximum Gasteiger partial charge on any atom is 0.146 e. The summed E-state index contributed by atoms with van der Waals surface area (Å²) >= 11 is 0. The quantitative estimate of drug-likeness (QED) is 0.938.